The number of benzene rings is 3. The average Bonchev–Trinajstić information content (AvgIpc) is 3.82. The normalized spacial score (nSPS) is 20.2. The summed E-state index contributed by atoms with van der Waals surface area (Å²) >= 11 is 0. The zero-order valence-corrected chi connectivity index (χ0v) is 24.9. The molecule has 3 N–H and O–H groups in total. The summed E-state index contributed by atoms with van der Waals surface area (Å²) in [6, 6.07) is 26.2. The molecule has 45 heavy (non-hydrogen) atoms. The van der Waals surface area contributed by atoms with Crippen molar-refractivity contribution in [3.63, 3.8) is 0 Å². The van der Waals surface area contributed by atoms with Crippen molar-refractivity contribution in [2.45, 2.75) is 56.7 Å². The third-order valence-corrected chi connectivity index (χ3v) is 9.00. The summed E-state index contributed by atoms with van der Waals surface area (Å²) < 4.78 is 0. The Bertz CT molecular complexity index is 1680. The number of rotatable bonds is 10. The molecule has 230 valence electrons. The SMILES string of the molecule is O=C(NCc1ccccc1)C(=O)C(C[C@@H]1CCCC1=O)NC(=O)[C@@H]1C[C@@H](c2ccccc2)CN1C(=O)c1cc2ccccc2[nH]1. The van der Waals surface area contributed by atoms with E-state index in [1.165, 1.54) is 0 Å². The molecule has 1 saturated carbocycles. The highest BCUT2D eigenvalue weighted by Gasteiger charge is 2.43. The number of H-pyrrole nitrogens is 1. The molecular weight excluding hydrogens is 568 g/mol. The van der Waals surface area contributed by atoms with E-state index >= 15 is 0 Å². The number of nitrogens with zero attached hydrogens (tertiary/aromatic N) is 1. The highest BCUT2D eigenvalue weighted by molar-refractivity contribution is 6.38. The Balaban J connectivity index is 1.24. The minimum absolute atomic E-state index is 0.0346. The fourth-order valence-corrected chi connectivity index (χ4v) is 6.56. The van der Waals surface area contributed by atoms with E-state index in [0.29, 0.717) is 37.9 Å². The van der Waals surface area contributed by atoms with Crippen LogP contribution in [0.2, 0.25) is 0 Å². The third kappa shape index (κ3) is 6.72. The Kier molecular flexibility index (Phi) is 8.86. The molecule has 1 saturated heterocycles. The summed E-state index contributed by atoms with van der Waals surface area (Å²) in [6.07, 6.45) is 2.15. The van der Waals surface area contributed by atoms with E-state index in [4.69, 9.17) is 0 Å². The third-order valence-electron chi connectivity index (χ3n) is 9.00. The van der Waals surface area contributed by atoms with E-state index < -0.39 is 35.6 Å². The number of hydrogen-bond acceptors (Lipinski definition) is 5. The molecule has 1 aliphatic heterocycles. The van der Waals surface area contributed by atoms with Crippen molar-refractivity contribution in [1.29, 1.82) is 0 Å². The molecule has 2 heterocycles. The number of carbonyl (C=O) groups is 5. The molecule has 0 spiro atoms. The zero-order chi connectivity index (χ0) is 31.3. The first-order valence-electron chi connectivity index (χ1n) is 15.5. The standard InChI is InChI=1S/C36H36N4O5/c41-32-17-9-15-26(32)19-29(33(42)35(44)37-21-23-10-3-1-4-11-23)39-34(43)31-20-27(24-12-5-2-6-13-24)22-40(31)36(45)30-18-25-14-7-8-16-28(25)38-30/h1-8,10-14,16,18,26-27,29,31,38H,9,15,17,19-22H2,(H,37,44)(H,39,43)/t26-,27+,29?,31-/m0/s1. The summed E-state index contributed by atoms with van der Waals surface area (Å²) in [5.41, 5.74) is 3.02. The van der Waals surface area contributed by atoms with Gasteiger partial charge in [0.2, 0.25) is 11.7 Å². The second-order valence-electron chi connectivity index (χ2n) is 12.0. The van der Waals surface area contributed by atoms with Crippen LogP contribution in [0.5, 0.6) is 0 Å². The van der Waals surface area contributed by atoms with E-state index in [1.54, 1.807) is 11.0 Å². The number of ketones is 2. The van der Waals surface area contributed by atoms with Gasteiger partial charge in [0.25, 0.3) is 11.8 Å². The van der Waals surface area contributed by atoms with Crippen LogP contribution in [0.25, 0.3) is 10.9 Å². The number of para-hydroxylation sites is 1. The van der Waals surface area contributed by atoms with Gasteiger partial charge in [0.05, 0.1) is 6.04 Å². The quantitative estimate of drug-likeness (QED) is 0.233. The lowest BCUT2D eigenvalue weighted by Crippen LogP contribution is -2.54. The van der Waals surface area contributed by atoms with Crippen LogP contribution in [0.4, 0.5) is 0 Å². The first-order chi connectivity index (χ1) is 21.9. The summed E-state index contributed by atoms with van der Waals surface area (Å²) in [4.78, 5) is 71.8. The molecular formula is C36H36N4O5. The largest absolute Gasteiger partial charge is 0.351 e. The molecule has 0 bridgehead atoms. The number of carbonyl (C=O) groups excluding carboxylic acids is 5. The molecule has 4 aromatic rings. The van der Waals surface area contributed by atoms with Crippen LogP contribution in [0.15, 0.2) is 91.0 Å². The summed E-state index contributed by atoms with van der Waals surface area (Å²) in [7, 11) is 0. The van der Waals surface area contributed by atoms with Crippen LogP contribution < -0.4 is 10.6 Å². The molecule has 6 rings (SSSR count). The molecule has 1 aliphatic carbocycles. The number of Topliss-reactive ketones (excluding diaryl/α,β-unsaturated/α-hetero) is 2. The fraction of sp³-hybridized carbons (Fsp3) is 0.306. The van der Waals surface area contributed by atoms with Gasteiger partial charge in [-0.25, -0.2) is 0 Å². The summed E-state index contributed by atoms with van der Waals surface area (Å²) in [5.74, 6) is -2.94. The van der Waals surface area contributed by atoms with Crippen molar-refractivity contribution in [3.8, 4) is 0 Å². The lowest BCUT2D eigenvalue weighted by atomic mass is 9.93. The number of nitrogens with one attached hydrogen (secondary N) is 3. The van der Waals surface area contributed by atoms with Crippen molar-refractivity contribution in [3.05, 3.63) is 108 Å². The average molecular weight is 605 g/mol. The van der Waals surface area contributed by atoms with Gasteiger partial charge >= 0.3 is 0 Å². The van der Waals surface area contributed by atoms with Crippen LogP contribution in [0.1, 0.15) is 59.6 Å². The minimum Gasteiger partial charge on any atom is -0.351 e. The Morgan fingerprint density at radius 2 is 1.62 bits per heavy atom. The van der Waals surface area contributed by atoms with Crippen molar-refractivity contribution >= 4 is 40.2 Å². The van der Waals surface area contributed by atoms with Crippen LogP contribution in [0.3, 0.4) is 0 Å². The fourth-order valence-electron chi connectivity index (χ4n) is 6.56. The second kappa shape index (κ2) is 13.3. The smallest absolute Gasteiger partial charge is 0.289 e. The van der Waals surface area contributed by atoms with Gasteiger partial charge in [0.1, 0.15) is 17.5 Å². The summed E-state index contributed by atoms with van der Waals surface area (Å²) in [5, 5.41) is 6.35. The Labute approximate surface area is 261 Å². The van der Waals surface area contributed by atoms with Gasteiger partial charge in [-0.05, 0) is 48.9 Å². The van der Waals surface area contributed by atoms with Gasteiger partial charge < -0.3 is 20.5 Å². The molecule has 4 atom stereocenters. The maximum atomic E-state index is 14.0. The lowest BCUT2D eigenvalue weighted by molar-refractivity contribution is -0.141. The minimum atomic E-state index is -1.19. The van der Waals surface area contributed by atoms with Gasteiger partial charge in [-0.1, -0.05) is 78.9 Å². The van der Waals surface area contributed by atoms with Crippen LogP contribution in [0, 0.1) is 5.92 Å². The number of hydrogen-bond donors (Lipinski definition) is 3. The lowest BCUT2D eigenvalue weighted by Gasteiger charge is -2.26. The Hall–Kier alpha value is -5.05. The van der Waals surface area contributed by atoms with Gasteiger partial charge in [0, 0.05) is 42.2 Å². The van der Waals surface area contributed by atoms with Gasteiger partial charge in [-0.15, -0.1) is 0 Å². The van der Waals surface area contributed by atoms with Crippen molar-refractivity contribution in [2.24, 2.45) is 5.92 Å². The second-order valence-corrected chi connectivity index (χ2v) is 12.0. The highest BCUT2D eigenvalue weighted by Crippen LogP contribution is 2.34. The number of amides is 3. The molecule has 3 amide bonds. The predicted octanol–water partition coefficient (Wildman–Crippen LogP) is 4.30. The number of likely N-dealkylation sites (tertiary alicyclic amines) is 1. The first kappa shape index (κ1) is 30.0. The van der Waals surface area contributed by atoms with Crippen molar-refractivity contribution in [1.82, 2.24) is 20.5 Å². The predicted molar refractivity (Wildman–Crippen MR) is 169 cm³/mol. The molecule has 3 aromatic carbocycles. The zero-order valence-electron chi connectivity index (χ0n) is 24.9. The maximum absolute atomic E-state index is 14.0. The van der Waals surface area contributed by atoms with E-state index in [2.05, 4.69) is 15.6 Å². The molecule has 2 aliphatic rings. The number of aromatic nitrogens is 1. The monoisotopic (exact) mass is 604 g/mol. The topological polar surface area (TPSA) is 128 Å². The molecule has 1 aromatic heterocycles. The van der Waals surface area contributed by atoms with E-state index in [-0.39, 0.29) is 30.6 Å². The Morgan fingerprint density at radius 3 is 2.33 bits per heavy atom. The highest BCUT2D eigenvalue weighted by atomic mass is 16.2. The maximum Gasteiger partial charge on any atom is 0.289 e. The van der Waals surface area contributed by atoms with E-state index in [0.717, 1.165) is 22.0 Å². The van der Waals surface area contributed by atoms with Gasteiger partial charge in [-0.3, -0.25) is 24.0 Å². The first-order valence-corrected chi connectivity index (χ1v) is 15.5. The number of aromatic amines is 1. The Morgan fingerprint density at radius 1 is 0.911 bits per heavy atom. The number of fused-ring (bicyclic) bond motifs is 1. The van der Waals surface area contributed by atoms with Crippen LogP contribution in [-0.4, -0.2) is 57.8 Å². The molecule has 9 nitrogen and oxygen atoms in total. The van der Waals surface area contributed by atoms with Gasteiger partial charge in [0.15, 0.2) is 0 Å². The van der Waals surface area contributed by atoms with Gasteiger partial charge in [-0.2, -0.15) is 0 Å². The van der Waals surface area contributed by atoms with E-state index in [9.17, 15) is 24.0 Å². The summed E-state index contributed by atoms with van der Waals surface area (Å²) in [6.45, 7) is 0.468. The molecule has 0 radical (unpaired) electrons. The molecule has 2 fully saturated rings. The molecule has 1 unspecified atom stereocenters. The molecule has 9 heteroatoms. The van der Waals surface area contributed by atoms with E-state index in [1.807, 2.05) is 84.9 Å². The van der Waals surface area contributed by atoms with Crippen LogP contribution >= 0.6 is 0 Å². The van der Waals surface area contributed by atoms with Crippen molar-refractivity contribution in [2.75, 3.05) is 6.54 Å². The van der Waals surface area contributed by atoms with Crippen LogP contribution in [-0.2, 0) is 25.7 Å². The van der Waals surface area contributed by atoms with Crippen molar-refractivity contribution < 1.29 is 24.0 Å².